The van der Waals surface area contributed by atoms with E-state index >= 15 is 0 Å². The number of benzene rings is 1. The van der Waals surface area contributed by atoms with E-state index in [0.29, 0.717) is 36.5 Å². The summed E-state index contributed by atoms with van der Waals surface area (Å²) in [6, 6.07) is 6.37. The van der Waals surface area contributed by atoms with E-state index in [1.165, 1.54) is 23.5 Å². The molecule has 10 heteroatoms. The van der Waals surface area contributed by atoms with Gasteiger partial charge in [0, 0.05) is 59.2 Å². The molecule has 0 spiro atoms. The quantitative estimate of drug-likeness (QED) is 0.434. The van der Waals surface area contributed by atoms with Crippen molar-refractivity contribution < 1.29 is 15.0 Å². The summed E-state index contributed by atoms with van der Waals surface area (Å²) in [7, 11) is 0. The second-order valence-electron chi connectivity index (χ2n) is 7.11. The third kappa shape index (κ3) is 3.51. The van der Waals surface area contributed by atoms with Crippen LogP contribution in [0.5, 0.6) is 11.5 Å². The molecule has 1 amide bonds. The number of hydrogen-bond donors (Lipinski definition) is 3. The second kappa shape index (κ2) is 7.68. The number of rotatable bonds is 3. The minimum atomic E-state index is -0.211. The number of aromatic amines is 1. The Morgan fingerprint density at radius 3 is 2.94 bits per heavy atom. The summed E-state index contributed by atoms with van der Waals surface area (Å²) in [5.41, 5.74) is 3.84. The van der Waals surface area contributed by atoms with Gasteiger partial charge in [0.15, 0.2) is 0 Å². The highest BCUT2D eigenvalue weighted by Crippen LogP contribution is 2.39. The first-order valence-electron chi connectivity index (χ1n) is 9.44. The lowest BCUT2D eigenvalue weighted by molar-refractivity contribution is 0.0729. The smallest absolute Gasteiger partial charge is 0.273 e. The molecule has 8 nitrogen and oxygen atoms in total. The van der Waals surface area contributed by atoms with E-state index in [1.807, 2.05) is 12.1 Å². The standard InChI is InChI=1S/C21H16ClN5O3S/c22-14-6-12(17(28)7-18(14)29)19-13-9-27(5-3-15(13)25-26-19)21(30)16-10-31-20(24-16)11-2-1-4-23-8-11/h1-2,4,6-8,10,28-29H,3,5,9H2,(H,25,26). The second-order valence-corrected chi connectivity index (χ2v) is 8.37. The predicted molar refractivity (Wildman–Crippen MR) is 116 cm³/mol. The molecule has 0 saturated heterocycles. The number of aromatic hydroxyl groups is 2. The highest BCUT2D eigenvalue weighted by molar-refractivity contribution is 7.13. The van der Waals surface area contributed by atoms with E-state index in [4.69, 9.17) is 11.6 Å². The van der Waals surface area contributed by atoms with Crippen molar-refractivity contribution in [3.05, 3.63) is 64.0 Å². The Balaban J connectivity index is 1.43. The Morgan fingerprint density at radius 2 is 2.13 bits per heavy atom. The number of aromatic nitrogens is 4. The van der Waals surface area contributed by atoms with Crippen LogP contribution in [0.15, 0.2) is 42.0 Å². The maximum Gasteiger partial charge on any atom is 0.273 e. The number of fused-ring (bicyclic) bond motifs is 1. The van der Waals surface area contributed by atoms with Crippen LogP contribution in [0, 0.1) is 0 Å². The number of nitrogens with zero attached hydrogens (tertiary/aromatic N) is 4. The molecule has 4 aromatic rings. The van der Waals surface area contributed by atoms with Gasteiger partial charge in [0.1, 0.15) is 27.9 Å². The molecule has 0 atom stereocenters. The summed E-state index contributed by atoms with van der Waals surface area (Å²) in [6.45, 7) is 0.840. The highest BCUT2D eigenvalue weighted by Gasteiger charge is 2.28. The molecule has 3 aromatic heterocycles. The Hall–Kier alpha value is -3.43. The van der Waals surface area contributed by atoms with E-state index in [2.05, 4.69) is 20.2 Å². The van der Waals surface area contributed by atoms with Gasteiger partial charge in [-0.1, -0.05) is 11.6 Å². The topological polar surface area (TPSA) is 115 Å². The molecular formula is C21H16ClN5O3S. The molecule has 5 rings (SSSR count). The summed E-state index contributed by atoms with van der Waals surface area (Å²) < 4.78 is 0. The molecule has 156 valence electrons. The number of hydrogen-bond acceptors (Lipinski definition) is 7. The zero-order valence-electron chi connectivity index (χ0n) is 16.0. The number of phenols is 2. The fraction of sp³-hybridized carbons (Fsp3) is 0.143. The summed E-state index contributed by atoms with van der Waals surface area (Å²) >= 11 is 7.42. The van der Waals surface area contributed by atoms with Crippen molar-refractivity contribution in [2.45, 2.75) is 13.0 Å². The zero-order chi connectivity index (χ0) is 21.5. The molecular weight excluding hydrogens is 438 g/mol. The van der Waals surface area contributed by atoms with Gasteiger partial charge >= 0.3 is 0 Å². The lowest BCUT2D eigenvalue weighted by atomic mass is 10.00. The monoisotopic (exact) mass is 453 g/mol. The van der Waals surface area contributed by atoms with Crippen molar-refractivity contribution in [3.63, 3.8) is 0 Å². The van der Waals surface area contributed by atoms with Gasteiger partial charge in [0.25, 0.3) is 5.91 Å². The van der Waals surface area contributed by atoms with Crippen molar-refractivity contribution in [2.75, 3.05) is 6.54 Å². The SMILES string of the molecule is O=C(c1csc(-c2cccnc2)n1)N1CCc2[nH]nc(-c3cc(Cl)c(O)cc3O)c2C1. The van der Waals surface area contributed by atoms with Gasteiger partial charge in [-0.2, -0.15) is 5.10 Å². The van der Waals surface area contributed by atoms with E-state index in [-0.39, 0.29) is 22.4 Å². The number of halogens is 1. The van der Waals surface area contributed by atoms with E-state index in [1.54, 1.807) is 22.7 Å². The van der Waals surface area contributed by atoms with Gasteiger partial charge in [-0.25, -0.2) is 4.98 Å². The van der Waals surface area contributed by atoms with Crippen LogP contribution in [0.1, 0.15) is 21.7 Å². The van der Waals surface area contributed by atoms with Crippen molar-refractivity contribution in [2.24, 2.45) is 0 Å². The van der Waals surface area contributed by atoms with Crippen molar-refractivity contribution in [1.82, 2.24) is 25.1 Å². The molecule has 0 radical (unpaired) electrons. The Kier molecular flexibility index (Phi) is 4.84. The van der Waals surface area contributed by atoms with Gasteiger partial charge in [-0.15, -0.1) is 11.3 Å². The molecule has 0 fully saturated rings. The zero-order valence-corrected chi connectivity index (χ0v) is 17.6. The maximum atomic E-state index is 13.1. The number of phenolic OH excluding ortho intramolecular Hbond substituents is 2. The molecule has 1 aliphatic heterocycles. The van der Waals surface area contributed by atoms with E-state index in [9.17, 15) is 15.0 Å². The summed E-state index contributed by atoms with van der Waals surface area (Å²) in [5.74, 6) is -0.519. The molecule has 4 heterocycles. The first kappa shape index (κ1) is 19.5. The molecule has 0 unspecified atom stereocenters. The lowest BCUT2D eigenvalue weighted by Crippen LogP contribution is -2.36. The lowest BCUT2D eigenvalue weighted by Gasteiger charge is -2.26. The summed E-state index contributed by atoms with van der Waals surface area (Å²) in [5, 5.41) is 29.9. The van der Waals surface area contributed by atoms with Crippen LogP contribution < -0.4 is 0 Å². The molecule has 1 aromatic carbocycles. The van der Waals surface area contributed by atoms with Crippen LogP contribution in [-0.2, 0) is 13.0 Å². The molecule has 0 bridgehead atoms. The van der Waals surface area contributed by atoms with Gasteiger partial charge < -0.3 is 15.1 Å². The molecule has 1 aliphatic rings. The number of H-pyrrole nitrogens is 1. The van der Waals surface area contributed by atoms with Crippen LogP contribution in [-0.4, -0.2) is 47.7 Å². The summed E-state index contributed by atoms with van der Waals surface area (Å²) in [6.07, 6.45) is 4.00. The number of thiazole rings is 1. The Bertz CT molecular complexity index is 1290. The molecule has 31 heavy (non-hydrogen) atoms. The van der Waals surface area contributed by atoms with Crippen LogP contribution in [0.3, 0.4) is 0 Å². The van der Waals surface area contributed by atoms with Crippen molar-refractivity contribution >= 4 is 28.8 Å². The first-order chi connectivity index (χ1) is 15.0. The third-order valence-corrected chi connectivity index (χ3v) is 6.37. The number of nitrogens with one attached hydrogen (secondary N) is 1. The Labute approximate surface area is 185 Å². The van der Waals surface area contributed by atoms with Gasteiger partial charge in [-0.3, -0.25) is 14.9 Å². The minimum absolute atomic E-state index is 0.110. The number of carbonyl (C=O) groups excluding carboxylic acids is 1. The average Bonchev–Trinajstić information content (AvgIpc) is 3.44. The molecule has 3 N–H and O–H groups in total. The normalized spacial score (nSPS) is 13.3. The predicted octanol–water partition coefficient (Wildman–Crippen LogP) is 3.86. The number of amides is 1. The maximum absolute atomic E-state index is 13.1. The number of carbonyl (C=O) groups is 1. The Morgan fingerprint density at radius 1 is 1.26 bits per heavy atom. The fourth-order valence-electron chi connectivity index (χ4n) is 3.59. The van der Waals surface area contributed by atoms with Crippen LogP contribution >= 0.6 is 22.9 Å². The van der Waals surface area contributed by atoms with Crippen molar-refractivity contribution in [3.8, 4) is 33.3 Å². The van der Waals surface area contributed by atoms with Gasteiger partial charge in [0.05, 0.1) is 11.6 Å². The van der Waals surface area contributed by atoms with Gasteiger partial charge in [-0.05, 0) is 18.2 Å². The first-order valence-corrected chi connectivity index (χ1v) is 10.7. The molecule has 0 aliphatic carbocycles. The van der Waals surface area contributed by atoms with E-state index in [0.717, 1.165) is 21.8 Å². The van der Waals surface area contributed by atoms with Crippen LogP contribution in [0.4, 0.5) is 0 Å². The largest absolute Gasteiger partial charge is 0.507 e. The van der Waals surface area contributed by atoms with Crippen molar-refractivity contribution in [1.29, 1.82) is 0 Å². The fourth-order valence-corrected chi connectivity index (χ4v) is 4.54. The van der Waals surface area contributed by atoms with E-state index < -0.39 is 0 Å². The summed E-state index contributed by atoms with van der Waals surface area (Å²) in [4.78, 5) is 23.4. The minimum Gasteiger partial charge on any atom is -0.507 e. The average molecular weight is 454 g/mol. The highest BCUT2D eigenvalue weighted by atomic mass is 35.5. The van der Waals surface area contributed by atoms with Gasteiger partial charge in [0.2, 0.25) is 0 Å². The van der Waals surface area contributed by atoms with Crippen LogP contribution in [0.25, 0.3) is 21.8 Å². The third-order valence-electron chi connectivity index (χ3n) is 5.17. The number of pyridine rings is 1. The van der Waals surface area contributed by atoms with Crippen LogP contribution in [0.2, 0.25) is 5.02 Å². The molecule has 0 saturated carbocycles.